The largest absolute Gasteiger partial charge is 0.507 e. The van der Waals surface area contributed by atoms with Crippen molar-refractivity contribution in [3.05, 3.63) is 23.3 Å². The molecule has 1 heterocycles. The first-order valence-electron chi connectivity index (χ1n) is 5.34. The maximum absolute atomic E-state index is 10.0. The van der Waals surface area contributed by atoms with Gasteiger partial charge in [-0.3, -0.25) is 0 Å². The number of ether oxygens (including phenoxy) is 1. The van der Waals surface area contributed by atoms with E-state index in [4.69, 9.17) is 4.74 Å². The Bertz CT molecular complexity index is 357. The average molecular weight is 207 g/mol. The summed E-state index contributed by atoms with van der Waals surface area (Å²) in [6.07, 6.45) is 2.27. The van der Waals surface area contributed by atoms with Crippen molar-refractivity contribution in [2.24, 2.45) is 0 Å². The number of hydrogen-bond acceptors (Lipinski definition) is 3. The van der Waals surface area contributed by atoms with E-state index in [0.717, 1.165) is 29.8 Å². The zero-order valence-corrected chi connectivity index (χ0v) is 9.21. The van der Waals surface area contributed by atoms with Crippen LogP contribution in [-0.4, -0.2) is 18.8 Å². The SMILES string of the molecule is COc1ccc(C2CCCN2)c(O)c1C. The number of hydrogen-bond donors (Lipinski definition) is 2. The fraction of sp³-hybridized carbons (Fsp3) is 0.500. The summed E-state index contributed by atoms with van der Waals surface area (Å²) >= 11 is 0. The molecule has 1 saturated heterocycles. The highest BCUT2D eigenvalue weighted by Gasteiger charge is 2.21. The lowest BCUT2D eigenvalue weighted by Crippen LogP contribution is -2.13. The molecule has 15 heavy (non-hydrogen) atoms. The second-order valence-electron chi connectivity index (χ2n) is 3.98. The lowest BCUT2D eigenvalue weighted by Gasteiger charge is -2.15. The molecule has 1 fully saturated rings. The van der Waals surface area contributed by atoms with E-state index >= 15 is 0 Å². The first-order chi connectivity index (χ1) is 7.24. The molecule has 2 N–H and O–H groups in total. The summed E-state index contributed by atoms with van der Waals surface area (Å²) in [5.74, 6) is 1.11. The Morgan fingerprint density at radius 2 is 2.27 bits per heavy atom. The maximum Gasteiger partial charge on any atom is 0.126 e. The molecule has 0 aliphatic carbocycles. The summed E-state index contributed by atoms with van der Waals surface area (Å²) < 4.78 is 5.16. The normalized spacial score (nSPS) is 20.5. The fourth-order valence-electron chi connectivity index (χ4n) is 2.15. The van der Waals surface area contributed by atoms with Gasteiger partial charge in [-0.15, -0.1) is 0 Å². The molecule has 1 unspecified atom stereocenters. The van der Waals surface area contributed by atoms with Crippen molar-refractivity contribution in [3.63, 3.8) is 0 Å². The van der Waals surface area contributed by atoms with Gasteiger partial charge < -0.3 is 15.2 Å². The van der Waals surface area contributed by atoms with Gasteiger partial charge in [-0.1, -0.05) is 6.07 Å². The minimum atomic E-state index is 0.301. The molecule has 1 aromatic rings. The van der Waals surface area contributed by atoms with E-state index in [-0.39, 0.29) is 0 Å². The number of phenolic OH excluding ortho intramolecular Hbond substituents is 1. The molecule has 2 rings (SSSR count). The Kier molecular flexibility index (Phi) is 2.82. The van der Waals surface area contributed by atoms with Crippen LogP contribution >= 0.6 is 0 Å². The summed E-state index contributed by atoms with van der Waals surface area (Å²) in [7, 11) is 1.62. The van der Waals surface area contributed by atoms with Gasteiger partial charge in [-0.2, -0.15) is 0 Å². The molecule has 82 valence electrons. The lowest BCUT2D eigenvalue weighted by atomic mass is 10.0. The summed E-state index contributed by atoms with van der Waals surface area (Å²) in [4.78, 5) is 0. The van der Waals surface area contributed by atoms with E-state index in [2.05, 4.69) is 5.32 Å². The van der Waals surface area contributed by atoms with Crippen molar-refractivity contribution in [2.45, 2.75) is 25.8 Å². The van der Waals surface area contributed by atoms with Crippen molar-refractivity contribution < 1.29 is 9.84 Å². The maximum atomic E-state index is 10.0. The smallest absolute Gasteiger partial charge is 0.126 e. The van der Waals surface area contributed by atoms with Crippen LogP contribution in [0.25, 0.3) is 0 Å². The Balaban J connectivity index is 2.36. The quantitative estimate of drug-likeness (QED) is 0.780. The number of nitrogens with one attached hydrogen (secondary N) is 1. The van der Waals surface area contributed by atoms with Crippen LogP contribution in [0.1, 0.15) is 30.0 Å². The van der Waals surface area contributed by atoms with Gasteiger partial charge in [-0.05, 0) is 32.4 Å². The molecule has 0 aromatic heterocycles. The molecule has 0 bridgehead atoms. The van der Waals surface area contributed by atoms with Crippen LogP contribution in [0.5, 0.6) is 11.5 Å². The van der Waals surface area contributed by atoms with Crippen LogP contribution in [0.2, 0.25) is 0 Å². The van der Waals surface area contributed by atoms with E-state index < -0.39 is 0 Å². The van der Waals surface area contributed by atoms with Crippen molar-refractivity contribution in [3.8, 4) is 11.5 Å². The van der Waals surface area contributed by atoms with Crippen LogP contribution in [0.3, 0.4) is 0 Å². The monoisotopic (exact) mass is 207 g/mol. The van der Waals surface area contributed by atoms with E-state index in [1.165, 1.54) is 6.42 Å². The molecular weight excluding hydrogens is 190 g/mol. The standard InChI is InChI=1S/C12H17NO2/c1-8-11(15-2)6-5-9(12(8)14)10-4-3-7-13-10/h5-6,10,13-14H,3-4,7H2,1-2H3. The predicted octanol–water partition coefficient (Wildman–Crippen LogP) is 2.13. The molecule has 1 aliphatic heterocycles. The molecule has 3 nitrogen and oxygen atoms in total. The molecule has 0 spiro atoms. The summed E-state index contributed by atoms with van der Waals surface area (Å²) in [5.41, 5.74) is 1.81. The van der Waals surface area contributed by atoms with E-state index in [1.807, 2.05) is 19.1 Å². The third-order valence-corrected chi connectivity index (χ3v) is 3.07. The van der Waals surface area contributed by atoms with Crippen molar-refractivity contribution in [1.29, 1.82) is 0 Å². The van der Waals surface area contributed by atoms with Crippen molar-refractivity contribution in [1.82, 2.24) is 5.32 Å². The minimum Gasteiger partial charge on any atom is -0.507 e. The topological polar surface area (TPSA) is 41.5 Å². The summed E-state index contributed by atoms with van der Waals surface area (Å²) in [6, 6.07) is 4.17. The van der Waals surface area contributed by atoms with Crippen LogP contribution in [0.15, 0.2) is 12.1 Å². The highest BCUT2D eigenvalue weighted by molar-refractivity contribution is 5.49. The number of methoxy groups -OCH3 is 1. The summed E-state index contributed by atoms with van der Waals surface area (Å²) in [6.45, 7) is 2.92. The van der Waals surface area contributed by atoms with Gasteiger partial charge in [0.1, 0.15) is 11.5 Å². The molecular formula is C12H17NO2. The molecule has 3 heteroatoms. The Hall–Kier alpha value is -1.22. The van der Waals surface area contributed by atoms with Crippen LogP contribution in [0, 0.1) is 6.92 Å². The zero-order valence-electron chi connectivity index (χ0n) is 9.21. The Labute approximate surface area is 90.1 Å². The van der Waals surface area contributed by atoms with E-state index in [9.17, 15) is 5.11 Å². The number of phenols is 1. The first kappa shape index (κ1) is 10.3. The second kappa shape index (κ2) is 4.11. The van der Waals surface area contributed by atoms with Crippen LogP contribution < -0.4 is 10.1 Å². The van der Waals surface area contributed by atoms with Crippen molar-refractivity contribution in [2.75, 3.05) is 13.7 Å². The molecule has 0 saturated carbocycles. The minimum absolute atomic E-state index is 0.301. The van der Waals surface area contributed by atoms with Gasteiger partial charge in [-0.25, -0.2) is 0 Å². The van der Waals surface area contributed by atoms with Gasteiger partial charge in [0, 0.05) is 17.2 Å². The first-order valence-corrected chi connectivity index (χ1v) is 5.34. The fourth-order valence-corrected chi connectivity index (χ4v) is 2.15. The molecule has 1 atom stereocenters. The average Bonchev–Trinajstić information content (AvgIpc) is 2.75. The third kappa shape index (κ3) is 1.79. The van der Waals surface area contributed by atoms with Gasteiger partial charge in [0.15, 0.2) is 0 Å². The Morgan fingerprint density at radius 1 is 1.47 bits per heavy atom. The van der Waals surface area contributed by atoms with Crippen molar-refractivity contribution >= 4 is 0 Å². The second-order valence-corrected chi connectivity index (χ2v) is 3.98. The zero-order chi connectivity index (χ0) is 10.8. The lowest BCUT2D eigenvalue weighted by molar-refractivity contribution is 0.399. The summed E-state index contributed by atoms with van der Waals surface area (Å²) in [5, 5.41) is 13.4. The highest BCUT2D eigenvalue weighted by Crippen LogP contribution is 2.36. The molecule has 1 aromatic carbocycles. The third-order valence-electron chi connectivity index (χ3n) is 3.07. The van der Waals surface area contributed by atoms with E-state index in [0.29, 0.717) is 11.8 Å². The number of aromatic hydroxyl groups is 1. The number of rotatable bonds is 2. The van der Waals surface area contributed by atoms with Gasteiger partial charge in [0.05, 0.1) is 7.11 Å². The highest BCUT2D eigenvalue weighted by atomic mass is 16.5. The predicted molar refractivity (Wildman–Crippen MR) is 59.4 cm³/mol. The number of benzene rings is 1. The van der Waals surface area contributed by atoms with Gasteiger partial charge in [0.2, 0.25) is 0 Å². The molecule has 0 radical (unpaired) electrons. The van der Waals surface area contributed by atoms with Gasteiger partial charge in [0.25, 0.3) is 0 Å². The van der Waals surface area contributed by atoms with Crippen LogP contribution in [-0.2, 0) is 0 Å². The van der Waals surface area contributed by atoms with E-state index in [1.54, 1.807) is 7.11 Å². The molecule has 0 amide bonds. The van der Waals surface area contributed by atoms with Crippen LogP contribution in [0.4, 0.5) is 0 Å². The van der Waals surface area contributed by atoms with Gasteiger partial charge >= 0.3 is 0 Å². The Morgan fingerprint density at radius 3 is 2.87 bits per heavy atom. The molecule has 1 aliphatic rings.